The molecule has 0 radical (unpaired) electrons. The van der Waals surface area contributed by atoms with Crippen molar-refractivity contribution in [3.05, 3.63) is 0 Å². The zero-order valence-electron chi connectivity index (χ0n) is 7.69. The van der Waals surface area contributed by atoms with Gasteiger partial charge in [-0.15, -0.1) is 0 Å². The van der Waals surface area contributed by atoms with Gasteiger partial charge in [-0.2, -0.15) is 0 Å². The molecule has 0 rings (SSSR count). The first-order valence-electron chi connectivity index (χ1n) is 2.58. The second kappa shape index (κ2) is 26.0. The van der Waals surface area contributed by atoms with E-state index in [1.807, 2.05) is 0 Å². The Morgan fingerprint density at radius 1 is 0.529 bits per heavy atom. The predicted octanol–water partition coefficient (Wildman–Crippen LogP) is -7.98. The van der Waals surface area contributed by atoms with Gasteiger partial charge in [-0.25, -0.2) is 0 Å². The van der Waals surface area contributed by atoms with Gasteiger partial charge in [0.15, 0.2) is 0 Å². The third kappa shape index (κ3) is 75.6. The van der Waals surface area contributed by atoms with Crippen LogP contribution in [-0.4, -0.2) is 73.7 Å². The van der Waals surface area contributed by atoms with Crippen molar-refractivity contribution in [1.29, 1.82) is 0 Å². The van der Waals surface area contributed by atoms with Gasteiger partial charge in [-0.1, -0.05) is 13.6 Å². The van der Waals surface area contributed by atoms with Gasteiger partial charge in [0.2, 0.25) is 0 Å². The van der Waals surface area contributed by atoms with Crippen LogP contribution in [0.15, 0.2) is 0 Å². The largest absolute Gasteiger partial charge is 3.00 e. The van der Waals surface area contributed by atoms with E-state index in [0.29, 0.717) is 0 Å². The van der Waals surface area contributed by atoms with Gasteiger partial charge < -0.3 is 44.7 Å². The Balaban J connectivity index is -0.0000000400. The standard InChI is InChI=1S/3BFO3.2In/c3*2-5-1(3)4;;/q3*-2;2*+3. The van der Waals surface area contributed by atoms with Crippen LogP contribution < -0.4 is 30.1 Å². The molecule has 0 saturated heterocycles. The minimum atomic E-state index is -2.78. The van der Waals surface area contributed by atoms with Crippen molar-refractivity contribution < 1.29 is 58.3 Å². The summed E-state index contributed by atoms with van der Waals surface area (Å²) in [4.78, 5) is 6.42. The molecule has 0 bridgehead atoms. The second-order valence-electron chi connectivity index (χ2n) is 1.13. The molecule has 0 aliphatic rings. The summed E-state index contributed by atoms with van der Waals surface area (Å²) in [6.07, 6.45) is 0. The summed E-state index contributed by atoms with van der Waals surface area (Å²) in [6, 6.07) is 0. The van der Waals surface area contributed by atoms with E-state index >= 15 is 0 Å². The van der Waals surface area contributed by atoms with E-state index in [2.05, 4.69) is 14.6 Å². The molecule has 9 nitrogen and oxygen atoms in total. The Kier molecular flexibility index (Phi) is 47.5. The van der Waals surface area contributed by atoms with E-state index in [0.717, 1.165) is 0 Å². The van der Waals surface area contributed by atoms with Crippen LogP contribution in [-0.2, 0) is 14.6 Å². The molecule has 0 heterocycles. The summed E-state index contributed by atoms with van der Waals surface area (Å²) in [5.41, 5.74) is 0. The molecule has 0 aromatic carbocycles. The zero-order valence-corrected chi connectivity index (χ0v) is 14.3. The van der Waals surface area contributed by atoms with Gasteiger partial charge in [0.05, 0.1) is 0 Å². The van der Waals surface area contributed by atoms with Crippen LogP contribution >= 0.6 is 0 Å². The van der Waals surface area contributed by atoms with Crippen molar-refractivity contribution in [3.8, 4) is 0 Å². The Morgan fingerprint density at radius 3 is 0.588 bits per heavy atom. The van der Waals surface area contributed by atoms with Crippen molar-refractivity contribution in [1.82, 2.24) is 0 Å². The maximum Gasteiger partial charge on any atom is 3.00 e. The average molecular weight is 463 g/mol. The first kappa shape index (κ1) is 31.0. The molecule has 0 unspecified atom stereocenters. The van der Waals surface area contributed by atoms with Gasteiger partial charge in [-0.05, 0) is 0 Å². The van der Waals surface area contributed by atoms with Crippen molar-refractivity contribution in [2.24, 2.45) is 0 Å². The molecule has 0 aliphatic carbocycles. The van der Waals surface area contributed by atoms with Crippen molar-refractivity contribution in [2.75, 3.05) is 0 Å². The Labute approximate surface area is 131 Å². The van der Waals surface area contributed by atoms with Crippen LogP contribution in [0.2, 0.25) is 0 Å². The molecule has 0 aromatic heterocycles. The molecular formula is B3F3In2O9. The fourth-order valence-corrected chi connectivity index (χ4v) is 0. The predicted molar refractivity (Wildman–Crippen MR) is 35.3 cm³/mol. The summed E-state index contributed by atoms with van der Waals surface area (Å²) in [6.45, 7) is 0. The van der Waals surface area contributed by atoms with Gasteiger partial charge in [0.1, 0.15) is 22.0 Å². The molecule has 0 aromatic rings. The SMILES string of the molecule is [In+3].[In+3].[O-]B([O-])OF.[O-]B([O-])OF.[O-]B([O-])OF. The first-order chi connectivity index (χ1) is 6.81. The fraction of sp³-hybridized carbons (Fsp3) is 0. The summed E-state index contributed by atoms with van der Waals surface area (Å²) < 4.78 is 30.0. The molecule has 0 saturated carbocycles. The molecule has 0 N–H and O–H groups in total. The molecule has 17 heavy (non-hydrogen) atoms. The Morgan fingerprint density at radius 2 is 0.588 bits per heavy atom. The van der Waals surface area contributed by atoms with Crippen molar-refractivity contribution in [3.63, 3.8) is 0 Å². The quantitative estimate of drug-likeness (QED) is 0.370. The van der Waals surface area contributed by atoms with Gasteiger partial charge in [0.25, 0.3) is 0 Å². The van der Waals surface area contributed by atoms with Crippen molar-refractivity contribution in [2.45, 2.75) is 0 Å². The Hall–Kier alpha value is 1.37. The minimum Gasteiger partial charge on any atom is -0.868 e. The maximum atomic E-state index is 9.99. The smallest absolute Gasteiger partial charge is 0.868 e. The van der Waals surface area contributed by atoms with Gasteiger partial charge in [-0.3, -0.25) is 0 Å². The average Bonchev–Trinajstić information content (AvgIpc) is 2.19. The summed E-state index contributed by atoms with van der Waals surface area (Å²) in [5.74, 6) is 0. The van der Waals surface area contributed by atoms with Gasteiger partial charge >= 0.3 is 51.7 Å². The van der Waals surface area contributed by atoms with E-state index in [1.54, 1.807) is 0 Å². The van der Waals surface area contributed by atoms with E-state index in [9.17, 15) is 13.6 Å². The first-order valence-corrected chi connectivity index (χ1v) is 2.58. The monoisotopic (exact) mass is 464 g/mol. The topological polar surface area (TPSA) is 166 Å². The molecule has 0 amide bonds. The molecule has 0 aliphatic heterocycles. The van der Waals surface area contributed by atoms with E-state index < -0.39 is 22.0 Å². The third-order valence-corrected chi connectivity index (χ3v) is 0.218. The van der Waals surface area contributed by atoms with Crippen LogP contribution in [0.3, 0.4) is 0 Å². The Bertz CT molecular complexity index is 90.5. The van der Waals surface area contributed by atoms with Crippen LogP contribution in [0, 0.1) is 0 Å². The van der Waals surface area contributed by atoms with Crippen LogP contribution in [0.1, 0.15) is 0 Å². The fourth-order valence-electron chi connectivity index (χ4n) is 0. The maximum absolute atomic E-state index is 9.99. The van der Waals surface area contributed by atoms with E-state index in [-0.39, 0.29) is 51.7 Å². The second-order valence-corrected chi connectivity index (χ2v) is 1.13. The molecule has 0 fully saturated rings. The number of halogens is 3. The molecular weight excluding hydrogens is 463 g/mol. The third-order valence-electron chi connectivity index (χ3n) is 0.218. The summed E-state index contributed by atoms with van der Waals surface area (Å²) in [7, 11) is -8.35. The van der Waals surface area contributed by atoms with Crippen LogP contribution in [0.25, 0.3) is 0 Å². The van der Waals surface area contributed by atoms with Gasteiger partial charge in [0, 0.05) is 0 Å². The normalized spacial score (nSPS) is 6.88. The molecule has 17 heteroatoms. The summed E-state index contributed by atoms with van der Waals surface area (Å²) in [5, 5.41) is 52.5. The van der Waals surface area contributed by atoms with Crippen LogP contribution in [0.4, 0.5) is 13.6 Å². The minimum absolute atomic E-state index is 0. The number of rotatable bonds is 3. The van der Waals surface area contributed by atoms with E-state index in [1.165, 1.54) is 0 Å². The molecule has 0 atom stereocenters. The number of hydrogen-bond acceptors (Lipinski definition) is 9. The number of hydrogen-bond donors (Lipinski definition) is 0. The van der Waals surface area contributed by atoms with E-state index in [4.69, 9.17) is 30.1 Å². The summed E-state index contributed by atoms with van der Waals surface area (Å²) >= 11 is 0. The van der Waals surface area contributed by atoms with Crippen LogP contribution in [0.5, 0.6) is 0 Å². The zero-order chi connectivity index (χ0) is 12.9. The molecule has 90 valence electrons. The molecule has 0 spiro atoms. The van der Waals surface area contributed by atoms with Crippen molar-refractivity contribution >= 4 is 73.7 Å².